The minimum Gasteiger partial charge on any atom is -0.271 e. The predicted molar refractivity (Wildman–Crippen MR) is 78.6 cm³/mol. The Hall–Kier alpha value is -1.71. The summed E-state index contributed by atoms with van der Waals surface area (Å²) in [6.07, 6.45) is 4.39. The first-order valence-corrected chi connectivity index (χ1v) is 7.08. The molecular weight excluding hydrogens is 251 g/mol. The first-order valence-electron chi connectivity index (χ1n) is 7.08. The molecule has 0 fully saturated rings. The second-order valence-electron chi connectivity index (χ2n) is 5.43. The normalized spacial score (nSPS) is 15.1. The molecule has 0 amide bonds. The average Bonchev–Trinajstić information content (AvgIpc) is 2.92. The van der Waals surface area contributed by atoms with Gasteiger partial charge in [-0.1, -0.05) is 30.3 Å². The molecule has 20 heavy (non-hydrogen) atoms. The van der Waals surface area contributed by atoms with E-state index in [0.29, 0.717) is 0 Å². The predicted octanol–water partition coefficient (Wildman–Crippen LogP) is 3.06. The van der Waals surface area contributed by atoms with Gasteiger partial charge < -0.3 is 0 Å². The largest absolute Gasteiger partial charge is 0.271 e. The van der Waals surface area contributed by atoms with E-state index < -0.39 is 0 Å². The molecule has 0 radical (unpaired) electrons. The van der Waals surface area contributed by atoms with Crippen molar-refractivity contribution in [3.05, 3.63) is 70.5 Å². The van der Waals surface area contributed by atoms with E-state index in [4.69, 9.17) is 5.84 Å². The lowest BCUT2D eigenvalue weighted by Gasteiger charge is -2.17. The van der Waals surface area contributed by atoms with Crippen LogP contribution in [0.25, 0.3) is 0 Å². The molecule has 0 heterocycles. The third-order valence-corrected chi connectivity index (χ3v) is 4.05. The third-order valence-electron chi connectivity index (χ3n) is 4.05. The molecule has 2 nitrogen and oxygen atoms in total. The highest BCUT2D eigenvalue weighted by atomic mass is 19.1. The quantitative estimate of drug-likeness (QED) is 0.662. The fraction of sp³-hybridized carbons (Fsp3) is 0.294. The van der Waals surface area contributed by atoms with Crippen molar-refractivity contribution in [1.29, 1.82) is 0 Å². The molecule has 0 bridgehead atoms. The summed E-state index contributed by atoms with van der Waals surface area (Å²) in [4.78, 5) is 0. The van der Waals surface area contributed by atoms with Crippen molar-refractivity contribution in [3.63, 3.8) is 0 Å². The Bertz CT molecular complexity index is 610. The highest BCUT2D eigenvalue weighted by molar-refractivity contribution is 5.36. The van der Waals surface area contributed by atoms with Gasteiger partial charge in [0.15, 0.2) is 0 Å². The summed E-state index contributed by atoms with van der Waals surface area (Å²) in [5.41, 5.74) is 7.85. The number of aryl methyl sites for hydroxylation is 2. The van der Waals surface area contributed by atoms with Crippen LogP contribution in [0.2, 0.25) is 0 Å². The van der Waals surface area contributed by atoms with Crippen LogP contribution in [-0.4, -0.2) is 0 Å². The van der Waals surface area contributed by atoms with Crippen LogP contribution in [0.15, 0.2) is 42.5 Å². The van der Waals surface area contributed by atoms with Crippen molar-refractivity contribution in [2.24, 2.45) is 5.84 Å². The lowest BCUT2D eigenvalue weighted by atomic mass is 9.97. The lowest BCUT2D eigenvalue weighted by molar-refractivity contribution is 0.544. The number of nitrogens with two attached hydrogens (primary N) is 1. The number of benzene rings is 2. The molecular formula is C17H19FN2. The first-order chi connectivity index (χ1) is 9.76. The number of hydrazine groups is 1. The molecule has 1 unspecified atom stereocenters. The summed E-state index contributed by atoms with van der Waals surface area (Å²) in [6, 6.07) is 13.2. The van der Waals surface area contributed by atoms with Gasteiger partial charge in [0, 0.05) is 0 Å². The van der Waals surface area contributed by atoms with Gasteiger partial charge in [0.05, 0.1) is 6.04 Å². The van der Waals surface area contributed by atoms with E-state index in [1.807, 2.05) is 6.07 Å². The van der Waals surface area contributed by atoms with Crippen LogP contribution >= 0.6 is 0 Å². The standard InChI is InChI=1S/C17H19FN2/c18-16-6-2-5-15(11-16)17(20-19)10-12-7-8-13-3-1-4-14(13)9-12/h2,5-9,11,17,20H,1,3-4,10,19H2. The molecule has 0 aromatic heterocycles. The van der Waals surface area contributed by atoms with Crippen molar-refractivity contribution < 1.29 is 4.39 Å². The summed E-state index contributed by atoms with van der Waals surface area (Å²) in [5, 5.41) is 0. The van der Waals surface area contributed by atoms with Gasteiger partial charge >= 0.3 is 0 Å². The zero-order chi connectivity index (χ0) is 13.9. The molecule has 0 spiro atoms. The first kappa shape index (κ1) is 13.3. The second kappa shape index (κ2) is 5.73. The van der Waals surface area contributed by atoms with E-state index in [2.05, 4.69) is 23.6 Å². The molecule has 0 saturated heterocycles. The van der Waals surface area contributed by atoms with Gasteiger partial charge in [0.25, 0.3) is 0 Å². The molecule has 0 aliphatic heterocycles. The summed E-state index contributed by atoms with van der Waals surface area (Å²) in [5.74, 6) is 5.42. The number of fused-ring (bicyclic) bond motifs is 1. The Kier molecular flexibility index (Phi) is 3.81. The zero-order valence-corrected chi connectivity index (χ0v) is 11.4. The number of nitrogens with one attached hydrogen (secondary N) is 1. The van der Waals surface area contributed by atoms with Crippen molar-refractivity contribution in [2.75, 3.05) is 0 Å². The van der Waals surface area contributed by atoms with Crippen LogP contribution in [0.3, 0.4) is 0 Å². The highest BCUT2D eigenvalue weighted by Crippen LogP contribution is 2.25. The van der Waals surface area contributed by atoms with Gasteiger partial charge in [-0.2, -0.15) is 0 Å². The van der Waals surface area contributed by atoms with Crippen molar-refractivity contribution >= 4 is 0 Å². The molecule has 2 aromatic rings. The van der Waals surface area contributed by atoms with E-state index in [-0.39, 0.29) is 11.9 Å². The van der Waals surface area contributed by atoms with Crippen LogP contribution in [0.1, 0.15) is 34.7 Å². The van der Waals surface area contributed by atoms with Gasteiger partial charge in [-0.3, -0.25) is 11.3 Å². The monoisotopic (exact) mass is 270 g/mol. The van der Waals surface area contributed by atoms with Gasteiger partial charge in [0.1, 0.15) is 5.82 Å². The van der Waals surface area contributed by atoms with Crippen molar-refractivity contribution in [3.8, 4) is 0 Å². The van der Waals surface area contributed by atoms with Gasteiger partial charge in [0.2, 0.25) is 0 Å². The molecule has 104 valence electrons. The topological polar surface area (TPSA) is 38.0 Å². The molecule has 1 aliphatic rings. The number of halogens is 1. The summed E-state index contributed by atoms with van der Waals surface area (Å²) in [6.45, 7) is 0. The second-order valence-corrected chi connectivity index (χ2v) is 5.43. The minimum absolute atomic E-state index is 0.0647. The van der Waals surface area contributed by atoms with E-state index >= 15 is 0 Å². The minimum atomic E-state index is -0.225. The maximum atomic E-state index is 13.3. The summed E-state index contributed by atoms with van der Waals surface area (Å²) in [7, 11) is 0. The summed E-state index contributed by atoms with van der Waals surface area (Å²) < 4.78 is 13.3. The van der Waals surface area contributed by atoms with E-state index in [1.165, 1.54) is 48.1 Å². The van der Waals surface area contributed by atoms with E-state index in [1.54, 1.807) is 6.07 Å². The van der Waals surface area contributed by atoms with Crippen LogP contribution < -0.4 is 11.3 Å². The summed E-state index contributed by atoms with van der Waals surface area (Å²) >= 11 is 0. The Morgan fingerprint density at radius 3 is 2.75 bits per heavy atom. The van der Waals surface area contributed by atoms with Crippen molar-refractivity contribution in [1.82, 2.24) is 5.43 Å². The molecule has 2 aromatic carbocycles. The molecule has 1 atom stereocenters. The zero-order valence-electron chi connectivity index (χ0n) is 11.4. The smallest absolute Gasteiger partial charge is 0.123 e. The SMILES string of the molecule is NNC(Cc1ccc2c(c1)CCC2)c1cccc(F)c1. The molecule has 3 rings (SSSR count). The van der Waals surface area contributed by atoms with Gasteiger partial charge in [-0.05, 0) is 60.1 Å². The van der Waals surface area contributed by atoms with E-state index in [0.717, 1.165) is 12.0 Å². The van der Waals surface area contributed by atoms with Crippen LogP contribution in [0.5, 0.6) is 0 Å². The number of rotatable bonds is 4. The lowest BCUT2D eigenvalue weighted by Crippen LogP contribution is -2.29. The van der Waals surface area contributed by atoms with Crippen LogP contribution in [0, 0.1) is 5.82 Å². The Morgan fingerprint density at radius 1 is 1.10 bits per heavy atom. The number of hydrogen-bond donors (Lipinski definition) is 2. The van der Waals surface area contributed by atoms with Gasteiger partial charge in [-0.25, -0.2) is 4.39 Å². The molecule has 3 heteroatoms. The number of hydrogen-bond acceptors (Lipinski definition) is 2. The fourth-order valence-corrected chi connectivity index (χ4v) is 2.98. The molecule has 1 aliphatic carbocycles. The van der Waals surface area contributed by atoms with Gasteiger partial charge in [-0.15, -0.1) is 0 Å². The Labute approximate surface area is 118 Å². The van der Waals surface area contributed by atoms with Crippen LogP contribution in [-0.2, 0) is 19.3 Å². The third kappa shape index (κ3) is 2.74. The Balaban J connectivity index is 1.81. The van der Waals surface area contributed by atoms with Crippen LogP contribution in [0.4, 0.5) is 4.39 Å². The van der Waals surface area contributed by atoms with Crippen molar-refractivity contribution in [2.45, 2.75) is 31.7 Å². The molecule has 3 N–H and O–H groups in total. The maximum Gasteiger partial charge on any atom is 0.123 e. The average molecular weight is 270 g/mol. The fourth-order valence-electron chi connectivity index (χ4n) is 2.98. The molecule has 0 saturated carbocycles. The maximum absolute atomic E-state index is 13.3. The van der Waals surface area contributed by atoms with E-state index in [9.17, 15) is 4.39 Å². The Morgan fingerprint density at radius 2 is 1.95 bits per heavy atom. The highest BCUT2D eigenvalue weighted by Gasteiger charge is 2.14.